The molecular weight excluding hydrogens is 480 g/mol. The Morgan fingerprint density at radius 3 is 2.55 bits per heavy atom. The molecule has 0 radical (unpaired) electrons. The summed E-state index contributed by atoms with van der Waals surface area (Å²) >= 11 is 0. The van der Waals surface area contributed by atoms with Crippen LogP contribution in [-0.2, 0) is 16.0 Å². The minimum Gasteiger partial charge on any atom is -0.503 e. The summed E-state index contributed by atoms with van der Waals surface area (Å²) < 4.78 is 11.0. The van der Waals surface area contributed by atoms with Crippen molar-refractivity contribution in [1.82, 2.24) is 9.88 Å². The molecule has 1 aromatic heterocycles. The van der Waals surface area contributed by atoms with E-state index in [1.165, 1.54) is 11.0 Å². The van der Waals surface area contributed by atoms with Crippen LogP contribution in [0.2, 0.25) is 0 Å². The highest BCUT2D eigenvalue weighted by Gasteiger charge is 2.43. The first-order valence-corrected chi connectivity index (χ1v) is 12.3. The van der Waals surface area contributed by atoms with Crippen LogP contribution in [0.1, 0.15) is 22.7 Å². The van der Waals surface area contributed by atoms with E-state index in [4.69, 9.17) is 9.47 Å². The Kier molecular flexibility index (Phi) is 7.00. The number of nitrogens with one attached hydrogen (secondary N) is 1. The summed E-state index contributed by atoms with van der Waals surface area (Å²) in [5.74, 6) is -0.298. The fourth-order valence-corrected chi connectivity index (χ4v) is 4.91. The standard InChI is InChI=1S/C31H28N2O5/c1-37-22-13-14-25-24(18-22)21(19-32-25)16-17-33-29(23-10-6-7-11-27(23)38-2)28(30(35)31(33)36)26(34)15-12-20-8-4-3-5-9-20/h3-15,18-19,29,32,35H,16-17H2,1-2H3/b15-12+/t29-/m0/s1. The van der Waals surface area contributed by atoms with Gasteiger partial charge in [-0.2, -0.15) is 0 Å². The molecule has 0 unspecified atom stereocenters. The maximum Gasteiger partial charge on any atom is 0.290 e. The molecule has 0 spiro atoms. The Balaban J connectivity index is 1.50. The Hall–Kier alpha value is -4.78. The number of aliphatic hydroxyl groups excluding tert-OH is 1. The van der Waals surface area contributed by atoms with E-state index in [2.05, 4.69) is 4.98 Å². The van der Waals surface area contributed by atoms with Gasteiger partial charge in [0.15, 0.2) is 11.5 Å². The number of aliphatic hydroxyl groups is 1. The summed E-state index contributed by atoms with van der Waals surface area (Å²) in [7, 11) is 3.16. The van der Waals surface area contributed by atoms with Gasteiger partial charge in [0.1, 0.15) is 11.5 Å². The van der Waals surface area contributed by atoms with Crippen molar-refractivity contribution < 1.29 is 24.2 Å². The molecule has 38 heavy (non-hydrogen) atoms. The number of para-hydroxylation sites is 1. The third-order valence-corrected chi connectivity index (χ3v) is 6.83. The van der Waals surface area contributed by atoms with Crippen molar-refractivity contribution >= 4 is 28.7 Å². The van der Waals surface area contributed by atoms with E-state index in [0.717, 1.165) is 27.8 Å². The number of ether oxygens (including phenoxy) is 2. The van der Waals surface area contributed by atoms with Crippen molar-refractivity contribution in [2.24, 2.45) is 0 Å². The van der Waals surface area contributed by atoms with Gasteiger partial charge in [0.2, 0.25) is 0 Å². The molecule has 1 aliphatic heterocycles. The van der Waals surface area contributed by atoms with Crippen molar-refractivity contribution in [1.29, 1.82) is 0 Å². The molecule has 1 atom stereocenters. The fourth-order valence-electron chi connectivity index (χ4n) is 4.91. The lowest BCUT2D eigenvalue weighted by Crippen LogP contribution is -2.33. The number of rotatable bonds is 9. The number of ketones is 1. The average Bonchev–Trinajstić information content (AvgIpc) is 3.48. The number of methoxy groups -OCH3 is 2. The monoisotopic (exact) mass is 508 g/mol. The summed E-state index contributed by atoms with van der Waals surface area (Å²) in [5.41, 5.74) is 3.45. The number of fused-ring (bicyclic) bond motifs is 1. The van der Waals surface area contributed by atoms with Crippen LogP contribution in [0.15, 0.2) is 96.4 Å². The van der Waals surface area contributed by atoms with Crippen LogP contribution in [0.3, 0.4) is 0 Å². The summed E-state index contributed by atoms with van der Waals surface area (Å²) in [6.07, 6.45) is 5.48. The number of H-pyrrole nitrogens is 1. The molecule has 4 aromatic rings. The average molecular weight is 509 g/mol. The first-order chi connectivity index (χ1) is 18.5. The molecule has 5 rings (SSSR count). The van der Waals surface area contributed by atoms with Crippen LogP contribution < -0.4 is 9.47 Å². The highest BCUT2D eigenvalue weighted by molar-refractivity contribution is 6.14. The number of aromatic amines is 1. The van der Waals surface area contributed by atoms with Crippen LogP contribution in [0.4, 0.5) is 0 Å². The molecule has 0 bridgehead atoms. The lowest BCUT2D eigenvalue weighted by Gasteiger charge is -2.27. The molecule has 1 amide bonds. The Bertz CT molecular complexity index is 1550. The van der Waals surface area contributed by atoms with Gasteiger partial charge in [-0.05, 0) is 47.9 Å². The van der Waals surface area contributed by atoms with Gasteiger partial charge in [0.25, 0.3) is 5.91 Å². The normalized spacial score (nSPS) is 15.6. The molecule has 7 heteroatoms. The third kappa shape index (κ3) is 4.66. The SMILES string of the molecule is COc1ccc2[nH]cc(CCN3C(=O)C(O)=C(C(=O)/C=C/c4ccccc4)[C@@H]3c3ccccc3OC)c2c1. The van der Waals surface area contributed by atoms with E-state index < -0.39 is 23.5 Å². The van der Waals surface area contributed by atoms with E-state index in [1.54, 1.807) is 26.4 Å². The van der Waals surface area contributed by atoms with Gasteiger partial charge < -0.3 is 24.5 Å². The molecule has 0 saturated heterocycles. The van der Waals surface area contributed by atoms with E-state index in [1.807, 2.05) is 72.9 Å². The largest absolute Gasteiger partial charge is 0.503 e. The second-order valence-electron chi connectivity index (χ2n) is 8.99. The number of allylic oxidation sites excluding steroid dienone is 1. The van der Waals surface area contributed by atoms with E-state index in [9.17, 15) is 14.7 Å². The number of carbonyl (C=O) groups excluding carboxylic acids is 2. The smallest absolute Gasteiger partial charge is 0.290 e. The van der Waals surface area contributed by atoms with E-state index in [0.29, 0.717) is 17.7 Å². The van der Waals surface area contributed by atoms with E-state index in [-0.39, 0.29) is 12.1 Å². The third-order valence-electron chi connectivity index (χ3n) is 6.83. The van der Waals surface area contributed by atoms with Gasteiger partial charge in [-0.3, -0.25) is 9.59 Å². The van der Waals surface area contributed by atoms with Gasteiger partial charge in [0.05, 0.1) is 25.8 Å². The van der Waals surface area contributed by atoms with Crippen LogP contribution in [0.25, 0.3) is 17.0 Å². The van der Waals surface area contributed by atoms with Gasteiger partial charge in [-0.1, -0.05) is 54.6 Å². The zero-order valence-electron chi connectivity index (χ0n) is 21.2. The molecule has 1 aliphatic rings. The first-order valence-electron chi connectivity index (χ1n) is 12.3. The number of amides is 1. The lowest BCUT2D eigenvalue weighted by atomic mass is 9.94. The zero-order valence-corrected chi connectivity index (χ0v) is 21.2. The minimum absolute atomic E-state index is 0.0345. The van der Waals surface area contributed by atoms with Crippen molar-refractivity contribution in [3.8, 4) is 11.5 Å². The number of hydrogen-bond donors (Lipinski definition) is 2. The maximum absolute atomic E-state index is 13.4. The van der Waals surface area contributed by atoms with Gasteiger partial charge in [-0.15, -0.1) is 0 Å². The Labute approximate surface area is 220 Å². The molecule has 7 nitrogen and oxygen atoms in total. The summed E-state index contributed by atoms with van der Waals surface area (Å²) in [6, 6.07) is 21.6. The molecule has 3 aromatic carbocycles. The van der Waals surface area contributed by atoms with Gasteiger partial charge >= 0.3 is 0 Å². The van der Waals surface area contributed by atoms with E-state index >= 15 is 0 Å². The Morgan fingerprint density at radius 1 is 1.03 bits per heavy atom. The fraction of sp³-hybridized carbons (Fsp3) is 0.161. The molecule has 0 fully saturated rings. The van der Waals surface area contributed by atoms with Crippen molar-refractivity contribution in [3.05, 3.63) is 113 Å². The quantitative estimate of drug-likeness (QED) is 0.295. The predicted molar refractivity (Wildman–Crippen MR) is 146 cm³/mol. The van der Waals surface area contributed by atoms with Crippen LogP contribution in [0.5, 0.6) is 11.5 Å². The number of hydrogen-bond acceptors (Lipinski definition) is 5. The molecule has 192 valence electrons. The Morgan fingerprint density at radius 2 is 1.79 bits per heavy atom. The maximum atomic E-state index is 13.4. The molecular formula is C31H28N2O5. The van der Waals surface area contributed by atoms with Crippen molar-refractivity contribution in [3.63, 3.8) is 0 Å². The topological polar surface area (TPSA) is 91.9 Å². The number of carbonyl (C=O) groups is 2. The molecule has 2 heterocycles. The number of nitrogens with zero attached hydrogens (tertiary/aromatic N) is 1. The lowest BCUT2D eigenvalue weighted by molar-refractivity contribution is -0.129. The predicted octanol–water partition coefficient (Wildman–Crippen LogP) is 5.41. The second-order valence-corrected chi connectivity index (χ2v) is 8.99. The van der Waals surface area contributed by atoms with Crippen LogP contribution in [-0.4, -0.2) is 47.4 Å². The first kappa shape index (κ1) is 24.9. The highest BCUT2D eigenvalue weighted by atomic mass is 16.5. The highest BCUT2D eigenvalue weighted by Crippen LogP contribution is 2.41. The van der Waals surface area contributed by atoms with Crippen molar-refractivity contribution in [2.45, 2.75) is 12.5 Å². The molecule has 0 aliphatic carbocycles. The summed E-state index contributed by atoms with van der Waals surface area (Å²) in [4.78, 5) is 31.6. The number of benzene rings is 3. The molecule has 0 saturated carbocycles. The van der Waals surface area contributed by atoms with Gasteiger partial charge in [0, 0.05) is 29.2 Å². The number of aromatic nitrogens is 1. The summed E-state index contributed by atoms with van der Waals surface area (Å²) in [5, 5.41) is 11.9. The van der Waals surface area contributed by atoms with Gasteiger partial charge in [-0.25, -0.2) is 0 Å². The minimum atomic E-state index is -0.800. The molecule has 2 N–H and O–H groups in total. The second kappa shape index (κ2) is 10.7. The van der Waals surface area contributed by atoms with Crippen LogP contribution in [0, 0.1) is 0 Å². The van der Waals surface area contributed by atoms with Crippen LogP contribution >= 0.6 is 0 Å². The summed E-state index contributed by atoms with van der Waals surface area (Å²) in [6.45, 7) is 0.273. The zero-order chi connectivity index (χ0) is 26.6. The van der Waals surface area contributed by atoms with Crippen molar-refractivity contribution in [2.75, 3.05) is 20.8 Å².